The van der Waals surface area contributed by atoms with Crippen LogP contribution in [0.4, 0.5) is 5.69 Å². The lowest BCUT2D eigenvalue weighted by Crippen LogP contribution is -2.43. The van der Waals surface area contributed by atoms with E-state index in [4.69, 9.17) is 11.6 Å². The Bertz CT molecular complexity index is 825. The van der Waals surface area contributed by atoms with Gasteiger partial charge in [0.2, 0.25) is 15.9 Å². The van der Waals surface area contributed by atoms with Crippen LogP contribution in [0.3, 0.4) is 0 Å². The second-order valence-corrected chi connectivity index (χ2v) is 7.79. The molecule has 8 heteroatoms. The van der Waals surface area contributed by atoms with Gasteiger partial charge in [0.15, 0.2) is 0 Å². The average molecular weight is 366 g/mol. The Labute approximate surface area is 145 Å². The van der Waals surface area contributed by atoms with Crippen molar-refractivity contribution in [1.29, 1.82) is 0 Å². The van der Waals surface area contributed by atoms with Crippen molar-refractivity contribution in [3.8, 4) is 0 Å². The van der Waals surface area contributed by atoms with Gasteiger partial charge in [0.25, 0.3) is 0 Å². The molecule has 1 unspecified atom stereocenters. The van der Waals surface area contributed by atoms with Gasteiger partial charge in [-0.2, -0.15) is 4.31 Å². The maximum absolute atomic E-state index is 12.7. The predicted molar refractivity (Wildman–Crippen MR) is 91.2 cm³/mol. The Morgan fingerprint density at radius 2 is 2.00 bits per heavy atom. The van der Waals surface area contributed by atoms with Crippen molar-refractivity contribution < 1.29 is 13.2 Å². The fourth-order valence-corrected chi connectivity index (χ4v) is 4.43. The van der Waals surface area contributed by atoms with E-state index < -0.39 is 16.1 Å². The smallest absolute Gasteiger partial charge is 0.245 e. The summed E-state index contributed by atoms with van der Waals surface area (Å²) >= 11 is 5.82. The highest BCUT2D eigenvalue weighted by Crippen LogP contribution is 2.26. The summed E-state index contributed by atoms with van der Waals surface area (Å²) in [5.41, 5.74) is 0.579. The van der Waals surface area contributed by atoms with E-state index in [2.05, 4.69) is 10.3 Å². The van der Waals surface area contributed by atoms with Crippen LogP contribution in [0.15, 0.2) is 53.7 Å². The number of carbonyl (C=O) groups is 1. The molecule has 126 valence electrons. The molecule has 2 heterocycles. The Morgan fingerprint density at radius 3 is 2.67 bits per heavy atom. The fraction of sp³-hybridized carbons (Fsp3) is 0.250. The summed E-state index contributed by atoms with van der Waals surface area (Å²) in [6.07, 6.45) is 3.92. The van der Waals surface area contributed by atoms with Crippen molar-refractivity contribution in [2.75, 3.05) is 11.9 Å². The molecule has 1 aliphatic heterocycles. The normalized spacial score (nSPS) is 18.5. The number of amides is 1. The van der Waals surface area contributed by atoms with Gasteiger partial charge in [-0.05, 0) is 49.2 Å². The molecule has 1 fully saturated rings. The lowest BCUT2D eigenvalue weighted by Gasteiger charge is -2.23. The van der Waals surface area contributed by atoms with Crippen molar-refractivity contribution in [1.82, 2.24) is 9.29 Å². The number of hydrogen-bond acceptors (Lipinski definition) is 4. The van der Waals surface area contributed by atoms with E-state index in [1.54, 1.807) is 30.3 Å². The summed E-state index contributed by atoms with van der Waals surface area (Å²) < 4.78 is 26.7. The Kier molecular flexibility index (Phi) is 4.84. The molecule has 0 spiro atoms. The zero-order valence-electron chi connectivity index (χ0n) is 12.7. The maximum Gasteiger partial charge on any atom is 0.245 e. The van der Waals surface area contributed by atoms with Gasteiger partial charge in [-0.1, -0.05) is 11.6 Å². The van der Waals surface area contributed by atoms with Crippen LogP contribution in [0.2, 0.25) is 5.02 Å². The van der Waals surface area contributed by atoms with Gasteiger partial charge < -0.3 is 5.32 Å². The number of benzene rings is 1. The monoisotopic (exact) mass is 365 g/mol. The van der Waals surface area contributed by atoms with E-state index in [1.165, 1.54) is 22.8 Å². The number of sulfonamides is 1. The third kappa shape index (κ3) is 3.43. The second-order valence-electron chi connectivity index (χ2n) is 5.46. The summed E-state index contributed by atoms with van der Waals surface area (Å²) in [6, 6.07) is 8.99. The molecule has 1 saturated heterocycles. The van der Waals surface area contributed by atoms with Crippen LogP contribution in [0.5, 0.6) is 0 Å². The zero-order chi connectivity index (χ0) is 17.2. The van der Waals surface area contributed by atoms with Crippen LogP contribution in [-0.2, 0) is 14.8 Å². The van der Waals surface area contributed by atoms with Crippen molar-refractivity contribution in [3.05, 3.63) is 53.8 Å². The van der Waals surface area contributed by atoms with Gasteiger partial charge in [0.1, 0.15) is 10.9 Å². The molecule has 0 radical (unpaired) electrons. The molecule has 0 aliphatic carbocycles. The highest BCUT2D eigenvalue weighted by molar-refractivity contribution is 7.89. The van der Waals surface area contributed by atoms with Crippen LogP contribution in [-0.4, -0.2) is 36.2 Å². The van der Waals surface area contributed by atoms with Gasteiger partial charge >= 0.3 is 0 Å². The van der Waals surface area contributed by atoms with E-state index in [0.29, 0.717) is 30.1 Å². The number of nitrogens with zero attached hydrogens (tertiary/aromatic N) is 2. The van der Waals surface area contributed by atoms with Crippen molar-refractivity contribution in [3.63, 3.8) is 0 Å². The highest BCUT2D eigenvalue weighted by Gasteiger charge is 2.39. The quantitative estimate of drug-likeness (QED) is 0.902. The number of rotatable bonds is 4. The molecule has 1 aromatic heterocycles. The number of carbonyl (C=O) groups excluding carboxylic acids is 1. The lowest BCUT2D eigenvalue weighted by atomic mass is 10.2. The third-order valence-corrected chi connectivity index (χ3v) is 6.00. The lowest BCUT2D eigenvalue weighted by molar-refractivity contribution is -0.119. The van der Waals surface area contributed by atoms with Crippen LogP contribution in [0.25, 0.3) is 0 Å². The first-order valence-corrected chi connectivity index (χ1v) is 9.28. The molecule has 3 rings (SSSR count). The summed E-state index contributed by atoms with van der Waals surface area (Å²) in [7, 11) is -3.74. The number of nitrogens with one attached hydrogen (secondary N) is 1. The summed E-state index contributed by atoms with van der Waals surface area (Å²) in [5, 5.41) is 3.31. The summed E-state index contributed by atoms with van der Waals surface area (Å²) in [5.74, 6) is -0.345. The summed E-state index contributed by atoms with van der Waals surface area (Å²) in [4.78, 5) is 16.5. The molecule has 2 aromatic rings. The first-order chi connectivity index (χ1) is 11.5. The molecular weight excluding hydrogens is 350 g/mol. The van der Waals surface area contributed by atoms with Gasteiger partial charge in [0, 0.05) is 29.6 Å². The van der Waals surface area contributed by atoms with Gasteiger partial charge in [0.05, 0.1) is 0 Å². The van der Waals surface area contributed by atoms with Gasteiger partial charge in [-0.3, -0.25) is 9.78 Å². The molecule has 1 atom stereocenters. The van der Waals surface area contributed by atoms with Crippen molar-refractivity contribution in [2.24, 2.45) is 0 Å². The first kappa shape index (κ1) is 16.9. The molecule has 0 bridgehead atoms. The molecule has 1 aromatic carbocycles. The Morgan fingerprint density at radius 1 is 1.25 bits per heavy atom. The molecular formula is C16H16ClN3O3S. The van der Waals surface area contributed by atoms with Crippen LogP contribution in [0, 0.1) is 0 Å². The number of anilines is 1. The average Bonchev–Trinajstić information content (AvgIpc) is 3.08. The van der Waals surface area contributed by atoms with E-state index in [9.17, 15) is 13.2 Å². The van der Waals surface area contributed by atoms with Crippen LogP contribution in [0.1, 0.15) is 12.8 Å². The largest absolute Gasteiger partial charge is 0.325 e. The van der Waals surface area contributed by atoms with Crippen LogP contribution < -0.4 is 5.32 Å². The highest BCUT2D eigenvalue weighted by atomic mass is 35.5. The number of aromatic nitrogens is 1. The fourth-order valence-electron chi connectivity index (χ4n) is 2.68. The van der Waals surface area contributed by atoms with E-state index in [-0.39, 0.29) is 10.8 Å². The predicted octanol–water partition coefficient (Wildman–Crippen LogP) is 2.53. The van der Waals surface area contributed by atoms with E-state index in [0.717, 1.165) is 0 Å². The minimum absolute atomic E-state index is 0.0937. The number of hydrogen-bond donors (Lipinski definition) is 1. The molecule has 1 N–H and O–H groups in total. The van der Waals surface area contributed by atoms with Gasteiger partial charge in [-0.25, -0.2) is 8.42 Å². The standard InChI is InChI=1S/C16H16ClN3O3S/c17-12-5-7-13(8-6-12)19-16(21)15-4-2-10-20(15)24(22,23)14-3-1-9-18-11-14/h1,3,5-9,11,15H,2,4,10H2,(H,19,21). The Balaban J connectivity index is 1.80. The molecule has 6 nitrogen and oxygen atoms in total. The molecule has 0 saturated carbocycles. The SMILES string of the molecule is O=C(Nc1ccc(Cl)cc1)C1CCCN1S(=O)(=O)c1cccnc1. The minimum atomic E-state index is -3.74. The van der Waals surface area contributed by atoms with E-state index in [1.807, 2.05) is 0 Å². The maximum atomic E-state index is 12.7. The first-order valence-electron chi connectivity index (χ1n) is 7.47. The summed E-state index contributed by atoms with van der Waals surface area (Å²) in [6.45, 7) is 0.315. The number of pyridine rings is 1. The molecule has 24 heavy (non-hydrogen) atoms. The zero-order valence-corrected chi connectivity index (χ0v) is 14.3. The molecule has 1 amide bonds. The van der Waals surface area contributed by atoms with Crippen molar-refractivity contribution in [2.45, 2.75) is 23.8 Å². The van der Waals surface area contributed by atoms with E-state index >= 15 is 0 Å². The second kappa shape index (κ2) is 6.88. The number of halogens is 1. The third-order valence-electron chi connectivity index (χ3n) is 3.86. The minimum Gasteiger partial charge on any atom is -0.325 e. The molecule has 1 aliphatic rings. The Hall–Kier alpha value is -1.96. The van der Waals surface area contributed by atoms with Crippen molar-refractivity contribution >= 4 is 33.2 Å². The van der Waals surface area contributed by atoms with Crippen LogP contribution >= 0.6 is 11.6 Å². The topological polar surface area (TPSA) is 79.4 Å². The van der Waals surface area contributed by atoms with Gasteiger partial charge in [-0.15, -0.1) is 0 Å².